The molecule has 3 nitrogen and oxygen atoms in total. The highest BCUT2D eigenvalue weighted by Crippen LogP contribution is 2.45. The maximum atomic E-state index is 11.9. The van der Waals surface area contributed by atoms with Gasteiger partial charge < -0.3 is 4.74 Å². The molecule has 0 aromatic heterocycles. The molecule has 2 unspecified atom stereocenters. The van der Waals surface area contributed by atoms with Crippen molar-refractivity contribution in [3.8, 4) is 0 Å². The van der Waals surface area contributed by atoms with Crippen LogP contribution in [-0.4, -0.2) is 28.1 Å². The molecule has 18 heavy (non-hydrogen) atoms. The highest BCUT2D eigenvalue weighted by atomic mass is 127. The third-order valence-electron chi connectivity index (χ3n) is 3.54. The molecule has 0 spiro atoms. The molecule has 3 atom stereocenters. The average molecular weight is 375 g/mol. The summed E-state index contributed by atoms with van der Waals surface area (Å²) in [5, 5.41) is 3.35. The Morgan fingerprint density at radius 2 is 2.44 bits per heavy atom. The molecule has 0 aromatic carbocycles. The van der Waals surface area contributed by atoms with E-state index in [1.54, 1.807) is 11.8 Å². The van der Waals surface area contributed by atoms with E-state index in [2.05, 4.69) is 52.4 Å². The minimum atomic E-state index is -0.243. The van der Waals surface area contributed by atoms with Gasteiger partial charge >= 0.3 is 5.97 Å². The largest absolute Gasteiger partial charge is 0.428 e. The number of halogens is 1. The highest BCUT2D eigenvalue weighted by molar-refractivity contribution is 14.1. The minimum Gasteiger partial charge on any atom is -0.428 e. The molecule has 1 N–H and O–H groups in total. The molecule has 1 aliphatic heterocycles. The van der Waals surface area contributed by atoms with Crippen LogP contribution in [0.1, 0.15) is 6.42 Å². The monoisotopic (exact) mass is 375 g/mol. The maximum absolute atomic E-state index is 11.9. The number of esters is 1. The topological polar surface area (TPSA) is 38.3 Å². The molecule has 2 aliphatic carbocycles. The Morgan fingerprint density at radius 1 is 1.61 bits per heavy atom. The van der Waals surface area contributed by atoms with Crippen LogP contribution in [0.25, 0.3) is 0 Å². The summed E-state index contributed by atoms with van der Waals surface area (Å²) in [6, 6.07) is 0.344. The van der Waals surface area contributed by atoms with Crippen molar-refractivity contribution >= 4 is 40.3 Å². The van der Waals surface area contributed by atoms with Crippen LogP contribution < -0.4 is 5.32 Å². The van der Waals surface area contributed by atoms with Crippen molar-refractivity contribution in [1.82, 2.24) is 5.32 Å². The normalized spacial score (nSPS) is 34.0. The van der Waals surface area contributed by atoms with E-state index in [1.807, 2.05) is 0 Å². The van der Waals surface area contributed by atoms with E-state index in [4.69, 9.17) is 4.74 Å². The van der Waals surface area contributed by atoms with Gasteiger partial charge in [-0.2, -0.15) is 11.8 Å². The lowest BCUT2D eigenvalue weighted by molar-refractivity contribution is -0.138. The molecule has 2 fully saturated rings. The van der Waals surface area contributed by atoms with Gasteiger partial charge in [0.2, 0.25) is 0 Å². The third-order valence-corrected chi connectivity index (χ3v) is 5.01. The second kappa shape index (κ2) is 5.02. The zero-order valence-corrected chi connectivity index (χ0v) is 13.0. The molecule has 0 radical (unpaired) electrons. The lowest BCUT2D eigenvalue weighted by Crippen LogP contribution is -2.48. The Hall–Kier alpha value is -0.270. The van der Waals surface area contributed by atoms with Gasteiger partial charge in [-0.05, 0) is 12.7 Å². The van der Waals surface area contributed by atoms with E-state index in [0.29, 0.717) is 6.04 Å². The molecule has 1 heterocycles. The van der Waals surface area contributed by atoms with E-state index in [-0.39, 0.29) is 15.9 Å². The molecule has 3 aliphatic rings. The second-order valence-corrected chi connectivity index (χ2v) is 6.77. The number of carbonyl (C=O) groups is 1. The molecule has 96 valence electrons. The first-order valence-electron chi connectivity index (χ1n) is 5.91. The summed E-state index contributed by atoms with van der Waals surface area (Å²) in [7, 11) is 0. The Morgan fingerprint density at radius 3 is 3.22 bits per heavy atom. The van der Waals surface area contributed by atoms with Gasteiger partial charge in [-0.1, -0.05) is 46.4 Å². The molecule has 5 heteroatoms. The van der Waals surface area contributed by atoms with E-state index in [1.165, 1.54) is 5.57 Å². The summed E-state index contributed by atoms with van der Waals surface area (Å²) < 4.78 is 5.40. The lowest BCUT2D eigenvalue weighted by atomic mass is 9.72. The van der Waals surface area contributed by atoms with Crippen LogP contribution in [0.3, 0.4) is 0 Å². The van der Waals surface area contributed by atoms with Gasteiger partial charge in [-0.15, -0.1) is 0 Å². The van der Waals surface area contributed by atoms with Crippen LogP contribution in [0.2, 0.25) is 0 Å². The van der Waals surface area contributed by atoms with Crippen molar-refractivity contribution in [2.24, 2.45) is 5.92 Å². The smallest absolute Gasteiger partial charge is 0.338 e. The number of alkyl halides is 1. The molecule has 0 bridgehead atoms. The van der Waals surface area contributed by atoms with Gasteiger partial charge in [0.05, 0.1) is 5.92 Å². The van der Waals surface area contributed by atoms with Crippen molar-refractivity contribution in [1.29, 1.82) is 0 Å². The first-order chi connectivity index (χ1) is 8.70. The Kier molecular flexibility index (Phi) is 3.55. The summed E-state index contributed by atoms with van der Waals surface area (Å²) in [4.78, 5) is 11.9. The van der Waals surface area contributed by atoms with Crippen molar-refractivity contribution in [2.45, 2.75) is 16.5 Å². The zero-order chi connectivity index (χ0) is 12.7. The van der Waals surface area contributed by atoms with Crippen LogP contribution >= 0.6 is 34.4 Å². The molecule has 1 saturated heterocycles. The fraction of sp³-hybridized carbons (Fsp3) is 0.462. The summed E-state index contributed by atoms with van der Waals surface area (Å²) >= 11 is 3.86. The van der Waals surface area contributed by atoms with Crippen LogP contribution in [0.4, 0.5) is 0 Å². The Balaban J connectivity index is 2.03. The second-order valence-electron chi connectivity index (χ2n) is 4.66. The molecule has 0 aromatic rings. The lowest BCUT2D eigenvalue weighted by Gasteiger charge is -2.39. The summed E-state index contributed by atoms with van der Waals surface area (Å²) in [5.74, 6) is 1.84. The van der Waals surface area contributed by atoms with Gasteiger partial charge in [0.15, 0.2) is 4.05 Å². The first-order valence-corrected chi connectivity index (χ1v) is 8.55. The third kappa shape index (κ3) is 2.06. The van der Waals surface area contributed by atoms with Crippen molar-refractivity contribution in [2.75, 3.05) is 12.0 Å². The van der Waals surface area contributed by atoms with E-state index >= 15 is 0 Å². The zero-order valence-electron chi connectivity index (χ0n) is 9.98. The molecular weight excluding hydrogens is 361 g/mol. The molecule has 3 rings (SSSR count). The number of thioether (sulfide) groups is 1. The molecule has 0 amide bonds. The van der Waals surface area contributed by atoms with E-state index in [0.717, 1.165) is 23.5 Å². The Bertz CT molecular complexity index is 483. The summed E-state index contributed by atoms with van der Waals surface area (Å²) in [6.45, 7) is 0. The fourth-order valence-electron chi connectivity index (χ4n) is 2.66. The van der Waals surface area contributed by atoms with Crippen molar-refractivity contribution < 1.29 is 9.53 Å². The van der Waals surface area contributed by atoms with Crippen LogP contribution in [0.5, 0.6) is 0 Å². The predicted molar refractivity (Wildman–Crippen MR) is 81.6 cm³/mol. The highest BCUT2D eigenvalue weighted by Gasteiger charge is 2.45. The quantitative estimate of drug-likeness (QED) is 0.348. The number of ether oxygens (including phenoxy) is 1. The van der Waals surface area contributed by atoms with Gasteiger partial charge in [0, 0.05) is 17.4 Å². The first kappa shape index (κ1) is 12.7. The number of rotatable bonds is 2. The SMILES string of the molecule is CSCC1=C2OC(=O)[C@H](I)NC3CC(=CC=C1)C23. The number of nitrogens with one attached hydrogen (secondary N) is 1. The number of allylic oxidation sites excluding steroid dienone is 3. The van der Waals surface area contributed by atoms with Gasteiger partial charge in [-0.25, -0.2) is 4.79 Å². The van der Waals surface area contributed by atoms with Crippen LogP contribution in [-0.2, 0) is 9.53 Å². The number of carbonyl (C=O) groups excluding carboxylic acids is 1. The van der Waals surface area contributed by atoms with Crippen LogP contribution in [0.15, 0.2) is 35.1 Å². The summed E-state index contributed by atoms with van der Waals surface area (Å²) in [5.41, 5.74) is 2.51. The predicted octanol–water partition coefficient (Wildman–Crippen LogP) is 2.40. The maximum Gasteiger partial charge on any atom is 0.338 e. The van der Waals surface area contributed by atoms with Crippen LogP contribution in [0, 0.1) is 5.92 Å². The minimum absolute atomic E-state index is 0.173. The van der Waals surface area contributed by atoms with E-state index in [9.17, 15) is 4.79 Å². The fourth-order valence-corrected chi connectivity index (χ4v) is 3.80. The standard InChI is InChI=1S/C13H14INO2S/c1-18-6-8-4-2-3-7-5-9-10(7)11(8)17-13(16)12(14)15-9/h2-4,9-10,12,15H,5-6H2,1H3/t9?,10?,12-/m1/s1. The number of hydrogen-bond donors (Lipinski definition) is 1. The summed E-state index contributed by atoms with van der Waals surface area (Å²) in [6.07, 6.45) is 9.40. The van der Waals surface area contributed by atoms with Gasteiger partial charge in [0.1, 0.15) is 5.76 Å². The van der Waals surface area contributed by atoms with Gasteiger partial charge in [-0.3, -0.25) is 5.32 Å². The number of hydrogen-bond acceptors (Lipinski definition) is 4. The molecule has 1 saturated carbocycles. The Labute approximate surface area is 124 Å². The average Bonchev–Trinajstić information content (AvgIpc) is 2.49. The molecular formula is C13H14INO2S. The van der Waals surface area contributed by atoms with E-state index < -0.39 is 0 Å². The van der Waals surface area contributed by atoms with Crippen molar-refractivity contribution in [3.05, 3.63) is 35.1 Å². The van der Waals surface area contributed by atoms with Crippen molar-refractivity contribution in [3.63, 3.8) is 0 Å². The van der Waals surface area contributed by atoms with Gasteiger partial charge in [0.25, 0.3) is 0 Å².